The standard InChI is InChI=1S/C16H10FNO3/c17-10-3-1-9(2-4-10)12-7-13(19)15-11(18-12)5-6-14-16(15)21-8-20-14/h1-7H,8H2,(H,18,19). The number of nitrogens with zero attached hydrogens (tertiary/aromatic N) is 1. The summed E-state index contributed by atoms with van der Waals surface area (Å²) in [5.74, 6) is 0.839. The van der Waals surface area contributed by atoms with Crippen LogP contribution in [0.4, 0.5) is 4.39 Å². The zero-order chi connectivity index (χ0) is 14.4. The fraction of sp³-hybridized carbons (Fsp3) is 0.0625. The molecule has 0 radical (unpaired) electrons. The second-order valence-electron chi connectivity index (χ2n) is 4.73. The Morgan fingerprint density at radius 1 is 1.05 bits per heavy atom. The van der Waals surface area contributed by atoms with Crippen LogP contribution in [-0.2, 0) is 0 Å². The predicted molar refractivity (Wildman–Crippen MR) is 74.9 cm³/mol. The van der Waals surface area contributed by atoms with Crippen LogP contribution in [0.5, 0.6) is 17.2 Å². The van der Waals surface area contributed by atoms with Crippen LogP contribution < -0.4 is 9.47 Å². The van der Waals surface area contributed by atoms with Crippen molar-refractivity contribution >= 4 is 10.9 Å². The highest BCUT2D eigenvalue weighted by molar-refractivity contribution is 5.95. The maximum atomic E-state index is 13.0. The van der Waals surface area contributed by atoms with Crippen LogP contribution in [0.3, 0.4) is 0 Å². The number of fused-ring (bicyclic) bond motifs is 3. The third-order valence-corrected chi connectivity index (χ3v) is 3.43. The zero-order valence-electron chi connectivity index (χ0n) is 10.8. The van der Waals surface area contributed by atoms with Gasteiger partial charge in [-0.05, 0) is 36.4 Å². The highest BCUT2D eigenvalue weighted by Gasteiger charge is 2.20. The molecule has 1 N–H and O–H groups in total. The molecular weight excluding hydrogens is 273 g/mol. The van der Waals surface area contributed by atoms with Crippen molar-refractivity contribution in [2.75, 3.05) is 6.79 Å². The van der Waals surface area contributed by atoms with E-state index in [1.54, 1.807) is 24.3 Å². The SMILES string of the molecule is Oc1cc(-c2ccc(F)cc2)nc2ccc3c(c12)OCO3. The summed E-state index contributed by atoms with van der Waals surface area (Å²) in [6.45, 7) is 0.133. The lowest BCUT2D eigenvalue weighted by Gasteiger charge is -2.08. The van der Waals surface area contributed by atoms with E-state index < -0.39 is 0 Å². The zero-order valence-corrected chi connectivity index (χ0v) is 10.8. The van der Waals surface area contributed by atoms with Crippen LogP contribution in [0.1, 0.15) is 0 Å². The van der Waals surface area contributed by atoms with Gasteiger partial charge in [0.25, 0.3) is 0 Å². The number of hydrogen-bond acceptors (Lipinski definition) is 4. The first-order valence-corrected chi connectivity index (χ1v) is 6.40. The monoisotopic (exact) mass is 283 g/mol. The molecule has 104 valence electrons. The number of aromatic hydroxyl groups is 1. The van der Waals surface area contributed by atoms with Gasteiger partial charge in [-0.2, -0.15) is 0 Å². The summed E-state index contributed by atoms with van der Waals surface area (Å²) < 4.78 is 23.7. The smallest absolute Gasteiger partial charge is 0.231 e. The van der Waals surface area contributed by atoms with Gasteiger partial charge in [0.15, 0.2) is 11.5 Å². The van der Waals surface area contributed by atoms with Crippen molar-refractivity contribution in [3.63, 3.8) is 0 Å². The van der Waals surface area contributed by atoms with Crippen molar-refractivity contribution in [2.45, 2.75) is 0 Å². The Bertz CT molecular complexity index is 846. The van der Waals surface area contributed by atoms with Crippen molar-refractivity contribution in [2.24, 2.45) is 0 Å². The molecule has 2 heterocycles. The highest BCUT2D eigenvalue weighted by atomic mass is 19.1. The molecule has 0 fully saturated rings. The second-order valence-corrected chi connectivity index (χ2v) is 4.73. The summed E-state index contributed by atoms with van der Waals surface area (Å²) in [4.78, 5) is 4.50. The van der Waals surface area contributed by atoms with Gasteiger partial charge in [-0.3, -0.25) is 0 Å². The number of hydrogen-bond donors (Lipinski definition) is 1. The minimum atomic E-state index is -0.313. The van der Waals surface area contributed by atoms with Gasteiger partial charge < -0.3 is 14.6 Å². The Hall–Kier alpha value is -2.82. The lowest BCUT2D eigenvalue weighted by molar-refractivity contribution is 0.174. The maximum absolute atomic E-state index is 13.0. The average Bonchev–Trinajstić information content (AvgIpc) is 2.96. The van der Waals surface area contributed by atoms with Crippen LogP contribution in [0, 0.1) is 5.82 Å². The van der Waals surface area contributed by atoms with Gasteiger partial charge in [0.05, 0.1) is 16.6 Å². The normalized spacial score (nSPS) is 12.8. The van der Waals surface area contributed by atoms with E-state index in [1.165, 1.54) is 18.2 Å². The Kier molecular flexibility index (Phi) is 2.47. The fourth-order valence-electron chi connectivity index (χ4n) is 2.43. The van der Waals surface area contributed by atoms with Gasteiger partial charge in [-0.25, -0.2) is 9.37 Å². The first-order chi connectivity index (χ1) is 10.2. The third-order valence-electron chi connectivity index (χ3n) is 3.43. The number of benzene rings is 2. The van der Waals surface area contributed by atoms with E-state index in [1.807, 2.05) is 0 Å². The van der Waals surface area contributed by atoms with E-state index in [-0.39, 0.29) is 18.4 Å². The molecular formula is C16H10FNO3. The van der Waals surface area contributed by atoms with Crippen molar-refractivity contribution in [3.8, 4) is 28.5 Å². The Balaban J connectivity index is 1.94. The quantitative estimate of drug-likeness (QED) is 0.743. The van der Waals surface area contributed by atoms with E-state index in [9.17, 15) is 9.50 Å². The summed E-state index contributed by atoms with van der Waals surface area (Å²) in [6.07, 6.45) is 0. The van der Waals surface area contributed by atoms with Gasteiger partial charge in [0.2, 0.25) is 6.79 Å². The molecule has 5 heteroatoms. The molecule has 0 atom stereocenters. The van der Waals surface area contributed by atoms with Crippen molar-refractivity contribution < 1.29 is 19.0 Å². The van der Waals surface area contributed by atoms with Gasteiger partial charge in [-0.1, -0.05) is 0 Å². The summed E-state index contributed by atoms with van der Waals surface area (Å²) in [6, 6.07) is 11.0. The molecule has 4 rings (SSSR count). The lowest BCUT2D eigenvalue weighted by Crippen LogP contribution is -1.93. The van der Waals surface area contributed by atoms with Crippen molar-refractivity contribution in [1.29, 1.82) is 0 Å². The third kappa shape index (κ3) is 1.86. The predicted octanol–water partition coefficient (Wildman–Crippen LogP) is 3.48. The van der Waals surface area contributed by atoms with Crippen LogP contribution in [-0.4, -0.2) is 16.9 Å². The maximum Gasteiger partial charge on any atom is 0.231 e. The Morgan fingerprint density at radius 2 is 1.86 bits per heavy atom. The summed E-state index contributed by atoms with van der Waals surface area (Å²) in [5.41, 5.74) is 1.89. The van der Waals surface area contributed by atoms with E-state index in [0.29, 0.717) is 28.1 Å². The summed E-state index contributed by atoms with van der Waals surface area (Å²) in [5, 5.41) is 10.8. The second kappa shape index (κ2) is 4.34. The number of halogens is 1. The molecule has 21 heavy (non-hydrogen) atoms. The topological polar surface area (TPSA) is 51.6 Å². The van der Waals surface area contributed by atoms with Crippen LogP contribution in [0.15, 0.2) is 42.5 Å². The number of rotatable bonds is 1. The summed E-state index contributed by atoms with van der Waals surface area (Å²) in [7, 11) is 0. The fourth-order valence-corrected chi connectivity index (χ4v) is 2.43. The molecule has 0 bridgehead atoms. The number of pyridine rings is 1. The Morgan fingerprint density at radius 3 is 2.67 bits per heavy atom. The van der Waals surface area contributed by atoms with E-state index in [4.69, 9.17) is 9.47 Å². The van der Waals surface area contributed by atoms with Gasteiger partial charge in [0, 0.05) is 11.6 Å². The molecule has 4 nitrogen and oxygen atoms in total. The number of aromatic nitrogens is 1. The van der Waals surface area contributed by atoms with E-state index in [0.717, 1.165) is 5.56 Å². The molecule has 1 aromatic heterocycles. The lowest BCUT2D eigenvalue weighted by atomic mass is 10.1. The van der Waals surface area contributed by atoms with E-state index >= 15 is 0 Å². The van der Waals surface area contributed by atoms with E-state index in [2.05, 4.69) is 4.98 Å². The van der Waals surface area contributed by atoms with Crippen molar-refractivity contribution in [3.05, 3.63) is 48.3 Å². The molecule has 0 unspecified atom stereocenters. The number of ether oxygens (including phenoxy) is 2. The molecule has 0 spiro atoms. The Labute approximate surface area is 119 Å². The molecule has 0 amide bonds. The van der Waals surface area contributed by atoms with Gasteiger partial charge in [0.1, 0.15) is 11.6 Å². The van der Waals surface area contributed by atoms with Gasteiger partial charge in [-0.15, -0.1) is 0 Å². The highest BCUT2D eigenvalue weighted by Crippen LogP contribution is 2.43. The van der Waals surface area contributed by atoms with Crippen LogP contribution in [0.2, 0.25) is 0 Å². The molecule has 3 aromatic rings. The van der Waals surface area contributed by atoms with Crippen molar-refractivity contribution in [1.82, 2.24) is 4.98 Å². The molecule has 0 saturated heterocycles. The minimum absolute atomic E-state index is 0.0571. The summed E-state index contributed by atoms with van der Waals surface area (Å²) >= 11 is 0. The molecule has 2 aromatic carbocycles. The van der Waals surface area contributed by atoms with Crippen LogP contribution >= 0.6 is 0 Å². The first-order valence-electron chi connectivity index (χ1n) is 6.40. The molecule has 0 aliphatic carbocycles. The van der Waals surface area contributed by atoms with Crippen LogP contribution in [0.25, 0.3) is 22.2 Å². The largest absolute Gasteiger partial charge is 0.507 e. The first kappa shape index (κ1) is 12.0. The van der Waals surface area contributed by atoms with Gasteiger partial charge >= 0.3 is 0 Å². The molecule has 0 saturated carbocycles. The molecule has 1 aliphatic heterocycles. The molecule has 1 aliphatic rings. The average molecular weight is 283 g/mol. The minimum Gasteiger partial charge on any atom is -0.507 e.